The van der Waals surface area contributed by atoms with Crippen molar-refractivity contribution in [3.05, 3.63) is 38.2 Å². The van der Waals surface area contributed by atoms with E-state index >= 15 is 0 Å². The number of rotatable bonds is 2. The lowest BCUT2D eigenvalue weighted by Gasteiger charge is -2.28. The number of carbonyl (C=O) groups is 1. The van der Waals surface area contributed by atoms with E-state index < -0.39 is 6.17 Å². The maximum atomic E-state index is 12.8. The van der Waals surface area contributed by atoms with Gasteiger partial charge in [-0.2, -0.15) is 0 Å². The zero-order valence-corrected chi connectivity index (χ0v) is 16.4. The molecule has 1 aliphatic carbocycles. The number of aromatic hydroxyl groups is 1. The molecular weight excluding hydrogens is 404 g/mol. The molecule has 1 amide bonds. The first-order chi connectivity index (χ1) is 12.0. The van der Waals surface area contributed by atoms with Crippen LogP contribution in [0.4, 0.5) is 5.00 Å². The van der Waals surface area contributed by atoms with Gasteiger partial charge < -0.3 is 20.5 Å². The molecule has 1 aromatic carbocycles. The largest absolute Gasteiger partial charge is 0.504 e. The first kappa shape index (κ1) is 16.7. The summed E-state index contributed by atoms with van der Waals surface area (Å²) in [6.45, 7) is 2.25. The van der Waals surface area contributed by atoms with Gasteiger partial charge in [-0.05, 0) is 42.9 Å². The molecule has 0 bridgehead atoms. The molecule has 132 valence electrons. The molecule has 2 heterocycles. The molecule has 1 aromatic heterocycles. The molecule has 5 nitrogen and oxygen atoms in total. The minimum atomic E-state index is -0.496. The third-order valence-corrected chi connectivity index (χ3v) is 6.53. The van der Waals surface area contributed by atoms with E-state index in [1.165, 1.54) is 17.6 Å². The number of hydrogen-bond acceptors (Lipinski definition) is 5. The van der Waals surface area contributed by atoms with Crippen molar-refractivity contribution in [1.82, 2.24) is 5.32 Å². The summed E-state index contributed by atoms with van der Waals surface area (Å²) in [7, 11) is 1.50. The van der Waals surface area contributed by atoms with Gasteiger partial charge in [0.25, 0.3) is 5.91 Å². The van der Waals surface area contributed by atoms with Crippen LogP contribution in [-0.2, 0) is 12.8 Å². The number of anilines is 1. The van der Waals surface area contributed by atoms with Gasteiger partial charge >= 0.3 is 0 Å². The van der Waals surface area contributed by atoms with E-state index in [1.807, 2.05) is 0 Å². The van der Waals surface area contributed by atoms with Crippen molar-refractivity contribution >= 4 is 38.2 Å². The monoisotopic (exact) mass is 422 g/mol. The second-order valence-electron chi connectivity index (χ2n) is 6.65. The van der Waals surface area contributed by atoms with Crippen LogP contribution in [0.3, 0.4) is 0 Å². The van der Waals surface area contributed by atoms with Crippen LogP contribution in [0.2, 0.25) is 0 Å². The molecule has 2 aliphatic rings. The van der Waals surface area contributed by atoms with Crippen LogP contribution in [0.1, 0.15) is 45.9 Å². The minimum absolute atomic E-state index is 0.0295. The second-order valence-corrected chi connectivity index (χ2v) is 8.67. The summed E-state index contributed by atoms with van der Waals surface area (Å²) in [5.74, 6) is 0.974. The third kappa shape index (κ3) is 2.79. The normalized spacial score (nSPS) is 21.8. The topological polar surface area (TPSA) is 70.6 Å². The number of phenolic OH excluding ortho intramolecular Hbond substituents is 1. The molecule has 2 unspecified atom stereocenters. The smallest absolute Gasteiger partial charge is 0.256 e. The molecule has 0 saturated heterocycles. The molecular formula is C18H19BrN2O3S. The van der Waals surface area contributed by atoms with Gasteiger partial charge in [-0.25, -0.2) is 0 Å². The van der Waals surface area contributed by atoms with Crippen molar-refractivity contribution in [2.75, 3.05) is 12.4 Å². The van der Waals surface area contributed by atoms with Crippen molar-refractivity contribution in [3.63, 3.8) is 0 Å². The number of fused-ring (bicyclic) bond motifs is 3. The average Bonchev–Trinajstić information content (AvgIpc) is 2.94. The van der Waals surface area contributed by atoms with E-state index in [-0.39, 0.29) is 11.7 Å². The predicted molar refractivity (Wildman–Crippen MR) is 102 cm³/mol. The highest BCUT2D eigenvalue weighted by atomic mass is 79.9. The standard InChI is InChI=1S/C18H19BrN2O3S/c1-8-3-4-10-13(5-8)25-18-14(10)17(23)20-16(21-18)11-6-9(19)7-12(24-2)15(11)22/h6-8,16,21-22H,3-5H2,1-2H3,(H,20,23). The van der Waals surface area contributed by atoms with Gasteiger partial charge in [0.1, 0.15) is 11.2 Å². The third-order valence-electron chi connectivity index (χ3n) is 4.89. The maximum absolute atomic E-state index is 12.8. The summed E-state index contributed by atoms with van der Waals surface area (Å²) >= 11 is 5.09. The van der Waals surface area contributed by atoms with Crippen LogP contribution in [0.5, 0.6) is 11.5 Å². The summed E-state index contributed by atoms with van der Waals surface area (Å²) in [5, 5.41) is 17.7. The van der Waals surface area contributed by atoms with E-state index in [2.05, 4.69) is 33.5 Å². The number of ether oxygens (including phenoxy) is 1. The maximum Gasteiger partial charge on any atom is 0.256 e. The number of amides is 1. The van der Waals surface area contributed by atoms with Gasteiger partial charge in [0, 0.05) is 14.9 Å². The van der Waals surface area contributed by atoms with E-state index in [0.29, 0.717) is 17.2 Å². The number of phenols is 1. The minimum Gasteiger partial charge on any atom is -0.504 e. The van der Waals surface area contributed by atoms with Crippen LogP contribution < -0.4 is 15.4 Å². The summed E-state index contributed by atoms with van der Waals surface area (Å²) in [6, 6.07) is 3.48. The molecule has 0 saturated carbocycles. The Morgan fingerprint density at radius 2 is 2.16 bits per heavy atom. The fourth-order valence-electron chi connectivity index (χ4n) is 3.59. The zero-order valence-electron chi connectivity index (χ0n) is 14.0. The molecule has 4 rings (SSSR count). The Labute approximate surface area is 158 Å². The van der Waals surface area contributed by atoms with Crippen LogP contribution >= 0.6 is 27.3 Å². The molecule has 25 heavy (non-hydrogen) atoms. The van der Waals surface area contributed by atoms with Gasteiger partial charge in [0.05, 0.1) is 12.7 Å². The molecule has 1 aliphatic heterocycles. The average molecular weight is 423 g/mol. The molecule has 7 heteroatoms. The summed E-state index contributed by atoms with van der Waals surface area (Å²) in [4.78, 5) is 14.1. The SMILES string of the molecule is COc1cc(Br)cc(C2NC(=O)c3c(sc4c3CCC(C)C4)N2)c1O. The lowest BCUT2D eigenvalue weighted by atomic mass is 9.88. The van der Waals surface area contributed by atoms with Crippen LogP contribution in [0.15, 0.2) is 16.6 Å². The Kier molecular flexibility index (Phi) is 4.16. The Bertz CT molecular complexity index is 864. The van der Waals surface area contributed by atoms with Crippen molar-refractivity contribution in [3.8, 4) is 11.5 Å². The van der Waals surface area contributed by atoms with Gasteiger partial charge in [-0.3, -0.25) is 4.79 Å². The number of nitrogens with one attached hydrogen (secondary N) is 2. The van der Waals surface area contributed by atoms with Crippen LogP contribution in [0, 0.1) is 5.92 Å². The Morgan fingerprint density at radius 1 is 1.36 bits per heavy atom. The van der Waals surface area contributed by atoms with Gasteiger partial charge in [-0.15, -0.1) is 11.3 Å². The number of hydrogen-bond donors (Lipinski definition) is 3. The first-order valence-corrected chi connectivity index (χ1v) is 9.87. The molecule has 0 spiro atoms. The number of benzene rings is 1. The van der Waals surface area contributed by atoms with E-state index in [9.17, 15) is 9.90 Å². The Balaban J connectivity index is 1.73. The quantitative estimate of drug-likeness (QED) is 0.677. The van der Waals surface area contributed by atoms with Gasteiger partial charge in [0.15, 0.2) is 11.5 Å². The van der Waals surface area contributed by atoms with Crippen molar-refractivity contribution in [1.29, 1.82) is 0 Å². The lowest BCUT2D eigenvalue weighted by Crippen LogP contribution is -2.38. The summed E-state index contributed by atoms with van der Waals surface area (Å²) in [5.41, 5.74) is 2.55. The Morgan fingerprint density at radius 3 is 2.92 bits per heavy atom. The lowest BCUT2D eigenvalue weighted by molar-refractivity contribution is 0.0934. The second kappa shape index (κ2) is 6.21. The highest BCUT2D eigenvalue weighted by Crippen LogP contribution is 2.44. The number of methoxy groups -OCH3 is 1. The first-order valence-electron chi connectivity index (χ1n) is 8.26. The highest BCUT2D eigenvalue weighted by Gasteiger charge is 2.34. The van der Waals surface area contributed by atoms with E-state index in [4.69, 9.17) is 4.74 Å². The van der Waals surface area contributed by atoms with Gasteiger partial charge in [-0.1, -0.05) is 22.9 Å². The van der Waals surface area contributed by atoms with Crippen LogP contribution in [-0.4, -0.2) is 18.1 Å². The highest BCUT2D eigenvalue weighted by molar-refractivity contribution is 9.10. The zero-order chi connectivity index (χ0) is 17.7. The van der Waals surface area contributed by atoms with E-state index in [1.54, 1.807) is 23.5 Å². The fraction of sp³-hybridized carbons (Fsp3) is 0.389. The number of carbonyl (C=O) groups excluding carboxylic acids is 1. The van der Waals surface area contributed by atoms with Crippen LogP contribution in [0.25, 0.3) is 0 Å². The molecule has 2 aromatic rings. The molecule has 3 N–H and O–H groups in total. The summed E-state index contributed by atoms with van der Waals surface area (Å²) < 4.78 is 5.99. The molecule has 0 radical (unpaired) electrons. The predicted octanol–water partition coefficient (Wildman–Crippen LogP) is 4.20. The molecule has 0 fully saturated rings. The Hall–Kier alpha value is -1.73. The molecule has 2 atom stereocenters. The number of thiophene rings is 1. The van der Waals surface area contributed by atoms with Crippen molar-refractivity contribution in [2.45, 2.75) is 32.4 Å². The fourth-order valence-corrected chi connectivity index (χ4v) is 5.48. The van der Waals surface area contributed by atoms with Crippen molar-refractivity contribution in [2.24, 2.45) is 5.92 Å². The number of halogens is 1. The van der Waals surface area contributed by atoms with Crippen molar-refractivity contribution < 1.29 is 14.6 Å². The van der Waals surface area contributed by atoms with Gasteiger partial charge in [0.2, 0.25) is 0 Å². The summed E-state index contributed by atoms with van der Waals surface area (Å²) in [6.07, 6.45) is 2.61. The van der Waals surface area contributed by atoms with E-state index in [0.717, 1.165) is 34.3 Å².